The molecule has 2 aromatic carbocycles. The number of anilines is 2. The summed E-state index contributed by atoms with van der Waals surface area (Å²) in [5.41, 5.74) is 3.31. The number of rotatable bonds is 7. The Hall–Kier alpha value is -4.14. The number of aryl methyl sites for hydroxylation is 1. The first-order valence-corrected chi connectivity index (χ1v) is 9.99. The molecule has 0 aliphatic carbocycles. The second-order valence-electron chi connectivity index (χ2n) is 7.58. The van der Waals surface area contributed by atoms with Gasteiger partial charge >= 0.3 is 12.0 Å². The summed E-state index contributed by atoms with van der Waals surface area (Å²) < 4.78 is 5.08. The summed E-state index contributed by atoms with van der Waals surface area (Å²) in [5, 5.41) is 21.1. The van der Waals surface area contributed by atoms with Crippen LogP contribution in [-0.4, -0.2) is 34.2 Å². The van der Waals surface area contributed by atoms with Crippen LogP contribution in [0.15, 0.2) is 59.1 Å². The van der Waals surface area contributed by atoms with Gasteiger partial charge in [0.15, 0.2) is 0 Å². The predicted octanol–water partition coefficient (Wildman–Crippen LogP) is 4.13. The standard InChI is InChI=1S/C23H24N4O5/c1-13(2)20(22(29)30)26-21(28)19-12-18(27-32-19)15-8-10-16(11-9-15)24-23(31)25-17-7-5-4-6-14(17)3/h4-13,20H,1-3H3,(H,26,28)(H,29,30)(H2,24,25,31)/t20-/m0/s1. The highest BCUT2D eigenvalue weighted by molar-refractivity contribution is 6.00. The number of aliphatic carboxylic acids is 1. The summed E-state index contributed by atoms with van der Waals surface area (Å²) >= 11 is 0. The molecule has 4 N–H and O–H groups in total. The van der Waals surface area contributed by atoms with Gasteiger partial charge in [0.2, 0.25) is 5.76 Å². The Bertz CT molecular complexity index is 1120. The summed E-state index contributed by atoms with van der Waals surface area (Å²) in [4.78, 5) is 35.8. The van der Waals surface area contributed by atoms with E-state index in [0.717, 1.165) is 11.3 Å². The Balaban J connectivity index is 1.63. The SMILES string of the molecule is Cc1ccccc1NC(=O)Nc1ccc(-c2cc(C(=O)N[C@H](C(=O)O)C(C)C)on2)cc1. The van der Waals surface area contributed by atoms with Gasteiger partial charge in [-0.25, -0.2) is 9.59 Å². The van der Waals surface area contributed by atoms with Crippen LogP contribution < -0.4 is 16.0 Å². The van der Waals surface area contributed by atoms with Gasteiger partial charge in [0.05, 0.1) is 0 Å². The molecule has 3 rings (SSSR count). The van der Waals surface area contributed by atoms with Crippen molar-refractivity contribution >= 4 is 29.3 Å². The van der Waals surface area contributed by atoms with Gasteiger partial charge in [0.25, 0.3) is 5.91 Å². The summed E-state index contributed by atoms with van der Waals surface area (Å²) in [6, 6.07) is 14.3. The van der Waals surface area contributed by atoms with E-state index >= 15 is 0 Å². The van der Waals surface area contributed by atoms with Gasteiger partial charge in [0.1, 0.15) is 11.7 Å². The zero-order valence-electron chi connectivity index (χ0n) is 17.9. The second-order valence-corrected chi connectivity index (χ2v) is 7.58. The zero-order valence-corrected chi connectivity index (χ0v) is 17.9. The van der Waals surface area contributed by atoms with Crippen LogP contribution in [-0.2, 0) is 4.79 Å². The molecule has 3 amide bonds. The fourth-order valence-corrected chi connectivity index (χ4v) is 2.97. The fourth-order valence-electron chi connectivity index (χ4n) is 2.97. The molecule has 0 bridgehead atoms. The van der Waals surface area contributed by atoms with E-state index in [-0.39, 0.29) is 17.7 Å². The summed E-state index contributed by atoms with van der Waals surface area (Å²) in [6.07, 6.45) is 0. The Morgan fingerprint density at radius 3 is 2.31 bits per heavy atom. The maximum Gasteiger partial charge on any atom is 0.326 e. The van der Waals surface area contributed by atoms with Gasteiger partial charge in [0, 0.05) is 23.0 Å². The highest BCUT2D eigenvalue weighted by Gasteiger charge is 2.25. The Morgan fingerprint density at radius 2 is 1.69 bits per heavy atom. The molecule has 0 saturated heterocycles. The molecule has 32 heavy (non-hydrogen) atoms. The predicted molar refractivity (Wildman–Crippen MR) is 119 cm³/mol. The molecular weight excluding hydrogens is 412 g/mol. The van der Waals surface area contributed by atoms with Crippen molar-refractivity contribution in [3.63, 3.8) is 0 Å². The van der Waals surface area contributed by atoms with E-state index in [1.54, 1.807) is 38.1 Å². The van der Waals surface area contributed by atoms with Gasteiger partial charge in [-0.05, 0) is 36.6 Å². The Kier molecular flexibility index (Phi) is 6.89. The van der Waals surface area contributed by atoms with Crippen LogP contribution in [0, 0.1) is 12.8 Å². The number of urea groups is 1. The number of aromatic nitrogens is 1. The molecule has 0 radical (unpaired) electrons. The minimum Gasteiger partial charge on any atom is -0.480 e. The highest BCUT2D eigenvalue weighted by atomic mass is 16.5. The number of nitrogens with one attached hydrogen (secondary N) is 3. The van der Waals surface area contributed by atoms with Crippen molar-refractivity contribution in [2.45, 2.75) is 26.8 Å². The molecule has 0 aliphatic heterocycles. The number of amides is 3. The number of carboxylic acids is 1. The number of carboxylic acid groups (broad SMARTS) is 1. The van der Waals surface area contributed by atoms with Gasteiger partial charge in [-0.3, -0.25) is 4.79 Å². The number of hydrogen-bond acceptors (Lipinski definition) is 5. The minimum absolute atomic E-state index is 0.0910. The third-order valence-electron chi connectivity index (χ3n) is 4.79. The van der Waals surface area contributed by atoms with Gasteiger partial charge in [-0.2, -0.15) is 0 Å². The monoisotopic (exact) mass is 436 g/mol. The molecule has 3 aromatic rings. The number of carbonyl (C=O) groups excluding carboxylic acids is 2. The lowest BCUT2D eigenvalue weighted by molar-refractivity contribution is -0.140. The fraction of sp³-hybridized carbons (Fsp3) is 0.217. The number of para-hydroxylation sites is 1. The van der Waals surface area contributed by atoms with Gasteiger partial charge < -0.3 is 25.6 Å². The molecule has 9 nitrogen and oxygen atoms in total. The van der Waals surface area contributed by atoms with Crippen molar-refractivity contribution in [3.05, 3.63) is 65.9 Å². The molecule has 0 saturated carbocycles. The van der Waals surface area contributed by atoms with Crippen LogP contribution in [0.1, 0.15) is 30.0 Å². The lowest BCUT2D eigenvalue weighted by atomic mass is 10.0. The van der Waals surface area contributed by atoms with Crippen LogP contribution in [0.5, 0.6) is 0 Å². The lowest BCUT2D eigenvalue weighted by Gasteiger charge is -2.16. The molecular formula is C23H24N4O5. The third kappa shape index (κ3) is 5.51. The maximum absolute atomic E-state index is 12.3. The zero-order chi connectivity index (χ0) is 23.3. The summed E-state index contributed by atoms with van der Waals surface area (Å²) in [6.45, 7) is 5.30. The van der Waals surface area contributed by atoms with E-state index in [4.69, 9.17) is 4.52 Å². The van der Waals surface area contributed by atoms with E-state index in [1.807, 2.05) is 31.2 Å². The first-order valence-electron chi connectivity index (χ1n) is 9.99. The van der Waals surface area contributed by atoms with Crippen LogP contribution >= 0.6 is 0 Å². The highest BCUT2D eigenvalue weighted by Crippen LogP contribution is 2.22. The van der Waals surface area contributed by atoms with Crippen molar-refractivity contribution in [3.8, 4) is 11.3 Å². The van der Waals surface area contributed by atoms with Crippen molar-refractivity contribution in [1.82, 2.24) is 10.5 Å². The lowest BCUT2D eigenvalue weighted by Crippen LogP contribution is -2.44. The Morgan fingerprint density at radius 1 is 1.00 bits per heavy atom. The van der Waals surface area contributed by atoms with Crippen LogP contribution in [0.3, 0.4) is 0 Å². The average molecular weight is 436 g/mol. The molecule has 1 atom stereocenters. The molecule has 1 aromatic heterocycles. The number of hydrogen-bond donors (Lipinski definition) is 4. The van der Waals surface area contributed by atoms with Crippen molar-refractivity contribution in [2.75, 3.05) is 10.6 Å². The minimum atomic E-state index is -1.12. The molecule has 0 aliphatic rings. The largest absolute Gasteiger partial charge is 0.480 e. The third-order valence-corrected chi connectivity index (χ3v) is 4.79. The van der Waals surface area contributed by atoms with Gasteiger partial charge in [-0.15, -0.1) is 0 Å². The van der Waals surface area contributed by atoms with Crippen molar-refractivity contribution < 1.29 is 24.0 Å². The molecule has 0 fully saturated rings. The topological polar surface area (TPSA) is 134 Å². The first kappa shape index (κ1) is 22.5. The van der Waals surface area contributed by atoms with E-state index < -0.39 is 17.9 Å². The summed E-state index contributed by atoms with van der Waals surface area (Å²) in [7, 11) is 0. The van der Waals surface area contributed by atoms with Crippen molar-refractivity contribution in [1.29, 1.82) is 0 Å². The molecule has 0 spiro atoms. The Labute approximate surface area is 184 Å². The molecule has 9 heteroatoms. The van der Waals surface area contributed by atoms with Crippen LogP contribution in [0.25, 0.3) is 11.3 Å². The molecule has 0 unspecified atom stereocenters. The normalized spacial score (nSPS) is 11.6. The molecule has 166 valence electrons. The quantitative estimate of drug-likeness (QED) is 0.440. The van der Waals surface area contributed by atoms with Gasteiger partial charge in [-0.1, -0.05) is 49.3 Å². The molecule has 1 heterocycles. The average Bonchev–Trinajstić information content (AvgIpc) is 3.24. The van der Waals surface area contributed by atoms with E-state index in [0.29, 0.717) is 16.9 Å². The summed E-state index contributed by atoms with van der Waals surface area (Å²) in [5.74, 6) is -2.16. The second kappa shape index (κ2) is 9.78. The van der Waals surface area contributed by atoms with Crippen molar-refractivity contribution in [2.24, 2.45) is 5.92 Å². The first-order chi connectivity index (χ1) is 15.2. The number of benzene rings is 2. The van der Waals surface area contributed by atoms with Crippen LogP contribution in [0.2, 0.25) is 0 Å². The van der Waals surface area contributed by atoms with E-state index in [2.05, 4.69) is 21.1 Å². The maximum atomic E-state index is 12.3. The number of carbonyl (C=O) groups is 3. The smallest absolute Gasteiger partial charge is 0.326 e. The van der Waals surface area contributed by atoms with E-state index in [1.165, 1.54) is 6.07 Å². The van der Waals surface area contributed by atoms with Crippen LogP contribution in [0.4, 0.5) is 16.2 Å². The number of nitrogens with zero attached hydrogens (tertiary/aromatic N) is 1. The van der Waals surface area contributed by atoms with E-state index in [9.17, 15) is 19.5 Å².